The predicted octanol–water partition coefficient (Wildman–Crippen LogP) is 4.51. The van der Waals surface area contributed by atoms with Gasteiger partial charge in [-0.2, -0.15) is 5.10 Å². The maximum absolute atomic E-state index is 13.6. The van der Waals surface area contributed by atoms with E-state index in [4.69, 9.17) is 14.5 Å². The van der Waals surface area contributed by atoms with Crippen LogP contribution in [0.25, 0.3) is 33.5 Å². The topological polar surface area (TPSA) is 94.9 Å². The van der Waals surface area contributed by atoms with Crippen LogP contribution in [-0.4, -0.2) is 58.7 Å². The number of aldehydes is 1. The fourth-order valence-corrected chi connectivity index (χ4v) is 4.65. The summed E-state index contributed by atoms with van der Waals surface area (Å²) in [6, 6.07) is 6.75. The first kappa shape index (κ1) is 21.9. The van der Waals surface area contributed by atoms with Crippen LogP contribution in [0.15, 0.2) is 30.6 Å². The first-order chi connectivity index (χ1) is 15.8. The number of carbonyl (C=O) groups is 1. The molecular formula is C23H26FN5O3Si. The number of halogens is 1. The van der Waals surface area contributed by atoms with Gasteiger partial charge < -0.3 is 14.0 Å². The predicted molar refractivity (Wildman–Crippen MR) is 126 cm³/mol. The molecule has 0 radical (unpaired) electrons. The van der Waals surface area contributed by atoms with Crippen LogP contribution in [0.2, 0.25) is 25.7 Å². The van der Waals surface area contributed by atoms with Gasteiger partial charge in [0.15, 0.2) is 11.9 Å². The van der Waals surface area contributed by atoms with Gasteiger partial charge in [-0.3, -0.25) is 9.89 Å². The number of fused-ring (bicyclic) bond motifs is 2. The van der Waals surface area contributed by atoms with Crippen molar-refractivity contribution in [1.29, 1.82) is 0 Å². The molecule has 3 aromatic heterocycles. The Bertz CT molecular complexity index is 1330. The second-order valence-corrected chi connectivity index (χ2v) is 15.2. The quantitative estimate of drug-likeness (QED) is 0.233. The molecule has 2 unspecified atom stereocenters. The summed E-state index contributed by atoms with van der Waals surface area (Å²) in [5.41, 5.74) is 4.39. The third-order valence-electron chi connectivity index (χ3n) is 5.96. The number of nitrogens with one attached hydrogen (secondary N) is 1. The first-order valence-electron chi connectivity index (χ1n) is 11.0. The summed E-state index contributed by atoms with van der Waals surface area (Å²) in [4.78, 5) is 21.0. The van der Waals surface area contributed by atoms with Crippen LogP contribution in [0.1, 0.15) is 21.8 Å². The zero-order valence-electron chi connectivity index (χ0n) is 18.8. The smallest absolute Gasteiger partial charge is 0.207 e. The number of aromatic nitrogens is 5. The minimum Gasteiger partial charge on any atom is -0.361 e. The van der Waals surface area contributed by atoms with Gasteiger partial charge in [0.1, 0.15) is 23.6 Å². The van der Waals surface area contributed by atoms with Gasteiger partial charge in [-0.1, -0.05) is 31.8 Å². The minimum absolute atomic E-state index is 0.250. The highest BCUT2D eigenvalue weighted by molar-refractivity contribution is 6.76. The first-order valence-corrected chi connectivity index (χ1v) is 14.7. The number of rotatable bonds is 8. The second-order valence-electron chi connectivity index (χ2n) is 9.62. The molecule has 1 N–H and O–H groups in total. The Morgan fingerprint density at radius 2 is 2.21 bits per heavy atom. The lowest BCUT2D eigenvalue weighted by Crippen LogP contribution is -2.33. The highest BCUT2D eigenvalue weighted by atomic mass is 28.3. The van der Waals surface area contributed by atoms with Gasteiger partial charge in [-0.15, -0.1) is 0 Å². The van der Waals surface area contributed by atoms with Crippen LogP contribution in [-0.2, 0) is 16.2 Å². The van der Waals surface area contributed by atoms with Gasteiger partial charge in [0.05, 0.1) is 29.8 Å². The SMILES string of the molecule is C[Si](C)(C)CCOCn1cc(C=O)c2nc(-c3n[nH]c4cc(C5COC5F)ccc34)cnc21. The van der Waals surface area contributed by atoms with Crippen molar-refractivity contribution in [3.63, 3.8) is 0 Å². The van der Waals surface area contributed by atoms with Crippen molar-refractivity contribution in [2.24, 2.45) is 0 Å². The van der Waals surface area contributed by atoms with Crippen molar-refractivity contribution in [1.82, 2.24) is 24.7 Å². The van der Waals surface area contributed by atoms with Crippen LogP contribution < -0.4 is 0 Å². The minimum atomic E-state index is -1.26. The average Bonchev–Trinajstić information content (AvgIpc) is 3.35. The van der Waals surface area contributed by atoms with E-state index < -0.39 is 14.4 Å². The summed E-state index contributed by atoms with van der Waals surface area (Å²) in [5.74, 6) is -0.250. The van der Waals surface area contributed by atoms with E-state index in [2.05, 4.69) is 34.8 Å². The summed E-state index contributed by atoms with van der Waals surface area (Å²) in [5, 5.41) is 8.27. The Morgan fingerprint density at radius 3 is 2.91 bits per heavy atom. The van der Waals surface area contributed by atoms with E-state index in [1.54, 1.807) is 12.4 Å². The number of nitrogens with zero attached hydrogens (tertiary/aromatic N) is 4. The molecule has 0 bridgehead atoms. The van der Waals surface area contributed by atoms with E-state index in [9.17, 15) is 9.18 Å². The molecular weight excluding hydrogens is 441 g/mol. The fraction of sp³-hybridized carbons (Fsp3) is 0.391. The van der Waals surface area contributed by atoms with Crippen LogP contribution in [0, 0.1) is 0 Å². The summed E-state index contributed by atoms with van der Waals surface area (Å²) < 4.78 is 26.1. The molecule has 0 spiro atoms. The third-order valence-corrected chi connectivity index (χ3v) is 7.66. The lowest BCUT2D eigenvalue weighted by atomic mass is 9.95. The molecule has 33 heavy (non-hydrogen) atoms. The molecule has 1 saturated heterocycles. The van der Waals surface area contributed by atoms with Crippen molar-refractivity contribution in [3.8, 4) is 11.4 Å². The number of benzene rings is 1. The summed E-state index contributed by atoms with van der Waals surface area (Å²) in [7, 11) is -1.18. The van der Waals surface area contributed by atoms with E-state index >= 15 is 0 Å². The van der Waals surface area contributed by atoms with Crippen molar-refractivity contribution in [2.45, 2.75) is 44.7 Å². The van der Waals surface area contributed by atoms with Gasteiger partial charge in [0.2, 0.25) is 6.36 Å². The summed E-state index contributed by atoms with van der Waals surface area (Å²) >= 11 is 0. The van der Waals surface area contributed by atoms with Crippen molar-refractivity contribution < 1.29 is 18.7 Å². The van der Waals surface area contributed by atoms with Crippen LogP contribution in [0.3, 0.4) is 0 Å². The van der Waals surface area contributed by atoms with Gasteiger partial charge in [0, 0.05) is 26.3 Å². The Morgan fingerprint density at radius 1 is 1.36 bits per heavy atom. The number of hydrogen-bond donors (Lipinski definition) is 1. The number of ether oxygens (including phenoxy) is 2. The normalized spacial score (nSPS) is 18.7. The zero-order valence-corrected chi connectivity index (χ0v) is 19.8. The second kappa shape index (κ2) is 8.43. The molecule has 2 atom stereocenters. The van der Waals surface area contributed by atoms with Gasteiger partial charge in [-0.05, 0) is 17.7 Å². The lowest BCUT2D eigenvalue weighted by molar-refractivity contribution is -0.154. The fourth-order valence-electron chi connectivity index (χ4n) is 3.89. The molecule has 0 saturated carbocycles. The Balaban J connectivity index is 1.43. The van der Waals surface area contributed by atoms with E-state index in [0.717, 1.165) is 28.8 Å². The zero-order chi connectivity index (χ0) is 23.2. The summed E-state index contributed by atoms with van der Waals surface area (Å²) in [6.45, 7) is 8.28. The highest BCUT2D eigenvalue weighted by Gasteiger charge is 2.33. The molecule has 0 amide bonds. The largest absolute Gasteiger partial charge is 0.361 e. The van der Waals surface area contributed by atoms with E-state index in [0.29, 0.717) is 48.1 Å². The monoisotopic (exact) mass is 467 g/mol. The van der Waals surface area contributed by atoms with Crippen LogP contribution in [0.5, 0.6) is 0 Å². The van der Waals surface area contributed by atoms with Gasteiger partial charge in [-0.25, -0.2) is 14.4 Å². The van der Waals surface area contributed by atoms with E-state index in [1.807, 2.05) is 22.8 Å². The van der Waals surface area contributed by atoms with Crippen molar-refractivity contribution in [2.75, 3.05) is 13.2 Å². The van der Waals surface area contributed by atoms with E-state index in [-0.39, 0.29) is 5.92 Å². The molecule has 1 aromatic carbocycles. The number of hydrogen-bond acceptors (Lipinski definition) is 6. The molecule has 1 aliphatic rings. The number of alkyl halides is 1. The molecule has 172 valence electrons. The average molecular weight is 468 g/mol. The maximum atomic E-state index is 13.6. The maximum Gasteiger partial charge on any atom is 0.207 e. The molecule has 5 rings (SSSR count). The Labute approximate surface area is 191 Å². The molecule has 4 aromatic rings. The number of aromatic amines is 1. The molecule has 0 aliphatic carbocycles. The molecule has 1 aliphatic heterocycles. The standard InChI is InChI=1S/C23H26FN5O3Si/c1-33(2,3)7-6-31-13-29-10-15(11-30)20-23(29)25-9-19(26-20)21-16-5-4-14(8-18(16)27-28-21)17-12-32-22(17)24/h4-5,8-11,17,22H,6-7,12-13H2,1-3H3,(H,27,28). The number of carbonyl (C=O) groups excluding carboxylic acids is 1. The molecule has 10 heteroatoms. The van der Waals surface area contributed by atoms with Crippen molar-refractivity contribution >= 4 is 36.4 Å². The van der Waals surface area contributed by atoms with Crippen LogP contribution in [0.4, 0.5) is 4.39 Å². The number of H-pyrrole nitrogens is 1. The summed E-state index contributed by atoms with van der Waals surface area (Å²) in [6.07, 6.45) is 2.89. The van der Waals surface area contributed by atoms with Crippen LogP contribution >= 0.6 is 0 Å². The Hall–Kier alpha value is -2.95. The Kier molecular flexibility index (Phi) is 5.59. The highest BCUT2D eigenvalue weighted by Crippen LogP contribution is 2.35. The van der Waals surface area contributed by atoms with E-state index in [1.165, 1.54) is 0 Å². The molecule has 4 heterocycles. The van der Waals surface area contributed by atoms with Gasteiger partial charge in [0.25, 0.3) is 0 Å². The lowest BCUT2D eigenvalue weighted by Gasteiger charge is -2.30. The molecule has 8 nitrogen and oxygen atoms in total. The van der Waals surface area contributed by atoms with Crippen molar-refractivity contribution in [3.05, 3.63) is 41.7 Å². The molecule has 1 fully saturated rings. The third kappa shape index (κ3) is 4.21. The van der Waals surface area contributed by atoms with Gasteiger partial charge >= 0.3 is 0 Å².